The lowest BCUT2D eigenvalue weighted by Crippen LogP contribution is -2.35. The zero-order chi connectivity index (χ0) is 16.8. The summed E-state index contributed by atoms with van der Waals surface area (Å²) < 4.78 is 0. The molecule has 0 bridgehead atoms. The summed E-state index contributed by atoms with van der Waals surface area (Å²) in [5.74, 6) is -0.0880. The molecule has 1 fully saturated rings. The van der Waals surface area contributed by atoms with Gasteiger partial charge in [-0.3, -0.25) is 4.79 Å². The maximum Gasteiger partial charge on any atom is 0.319 e. The average Bonchev–Trinajstić information content (AvgIpc) is 2.48. The minimum Gasteiger partial charge on any atom is -0.336 e. The van der Waals surface area contributed by atoms with E-state index in [0.29, 0.717) is 11.4 Å². The Hall–Kier alpha value is -2.08. The molecule has 0 saturated heterocycles. The van der Waals surface area contributed by atoms with Crippen LogP contribution in [0, 0.1) is 5.92 Å². The first-order valence-electron chi connectivity index (χ1n) is 8.18. The van der Waals surface area contributed by atoms with Crippen molar-refractivity contribution in [3.05, 3.63) is 24.3 Å². The van der Waals surface area contributed by atoms with Crippen LogP contribution < -0.4 is 21.7 Å². The Morgan fingerprint density at radius 1 is 1.13 bits per heavy atom. The van der Waals surface area contributed by atoms with Crippen molar-refractivity contribution in [1.29, 1.82) is 0 Å². The van der Waals surface area contributed by atoms with Crippen LogP contribution >= 0.6 is 0 Å². The molecule has 6 heteroatoms. The van der Waals surface area contributed by atoms with Crippen LogP contribution in [0.15, 0.2) is 24.3 Å². The Bertz CT molecular complexity index is 559. The van der Waals surface area contributed by atoms with Gasteiger partial charge in [0, 0.05) is 18.0 Å². The van der Waals surface area contributed by atoms with E-state index < -0.39 is 0 Å². The lowest BCUT2D eigenvalue weighted by molar-refractivity contribution is -0.120. The third kappa shape index (κ3) is 5.25. The molecule has 6 nitrogen and oxygen atoms in total. The zero-order valence-electron chi connectivity index (χ0n) is 13.8. The van der Waals surface area contributed by atoms with Crippen molar-refractivity contribution in [2.45, 2.75) is 51.6 Å². The fourth-order valence-corrected chi connectivity index (χ4v) is 2.82. The minimum absolute atomic E-state index is 0.0290. The highest BCUT2D eigenvalue weighted by atomic mass is 16.2. The molecular formula is C17H26N4O2. The summed E-state index contributed by atoms with van der Waals surface area (Å²) >= 11 is 0. The standard InChI is InChI=1S/C17H26N4O2/c1-11(2)19-17(23)21-15-9-4-3-8-14(15)20-16(22)12-6-5-7-13(18)10-12/h3-4,8-9,11-13H,5-7,10,18H2,1-2H3,(H,20,22)(H2,19,21,23). The van der Waals surface area contributed by atoms with E-state index >= 15 is 0 Å². The second-order valence-corrected chi connectivity index (χ2v) is 6.41. The number of amides is 3. The van der Waals surface area contributed by atoms with Gasteiger partial charge in [0.05, 0.1) is 11.4 Å². The van der Waals surface area contributed by atoms with Crippen LogP contribution in [0.5, 0.6) is 0 Å². The molecule has 1 aromatic rings. The minimum atomic E-state index is -0.290. The maximum absolute atomic E-state index is 12.4. The fourth-order valence-electron chi connectivity index (χ4n) is 2.82. The highest BCUT2D eigenvalue weighted by Crippen LogP contribution is 2.27. The summed E-state index contributed by atoms with van der Waals surface area (Å²) in [7, 11) is 0. The maximum atomic E-state index is 12.4. The summed E-state index contributed by atoms with van der Waals surface area (Å²) in [5.41, 5.74) is 7.14. The molecule has 5 N–H and O–H groups in total. The van der Waals surface area contributed by atoms with Gasteiger partial charge in [0.25, 0.3) is 0 Å². The number of anilines is 2. The first-order chi connectivity index (χ1) is 11.0. The van der Waals surface area contributed by atoms with Gasteiger partial charge in [0.1, 0.15) is 0 Å². The normalized spacial score (nSPS) is 20.9. The molecule has 2 unspecified atom stereocenters. The lowest BCUT2D eigenvalue weighted by atomic mass is 9.85. The molecule has 126 valence electrons. The lowest BCUT2D eigenvalue weighted by Gasteiger charge is -2.26. The molecule has 1 aliphatic carbocycles. The second kappa shape index (κ2) is 7.97. The van der Waals surface area contributed by atoms with Crippen molar-refractivity contribution in [3.8, 4) is 0 Å². The molecule has 2 rings (SSSR count). The summed E-state index contributed by atoms with van der Waals surface area (Å²) in [6.45, 7) is 3.78. The van der Waals surface area contributed by atoms with Crippen LogP contribution in [0.3, 0.4) is 0 Å². The summed E-state index contributed by atoms with van der Waals surface area (Å²) in [6, 6.07) is 7.05. The van der Waals surface area contributed by atoms with Crippen LogP contribution in [0.2, 0.25) is 0 Å². The van der Waals surface area contributed by atoms with Crippen LogP contribution in [0.4, 0.5) is 16.2 Å². The van der Waals surface area contributed by atoms with Gasteiger partial charge in [-0.05, 0) is 45.2 Å². The van der Waals surface area contributed by atoms with Gasteiger partial charge < -0.3 is 21.7 Å². The predicted molar refractivity (Wildman–Crippen MR) is 92.3 cm³/mol. The Labute approximate surface area is 137 Å². The monoisotopic (exact) mass is 318 g/mol. The van der Waals surface area contributed by atoms with Crippen LogP contribution in [0.25, 0.3) is 0 Å². The molecular weight excluding hydrogens is 292 g/mol. The van der Waals surface area contributed by atoms with Gasteiger partial charge in [0.2, 0.25) is 5.91 Å². The number of hydrogen-bond donors (Lipinski definition) is 4. The van der Waals surface area contributed by atoms with E-state index in [2.05, 4.69) is 16.0 Å². The predicted octanol–water partition coefficient (Wildman–Crippen LogP) is 2.67. The molecule has 0 heterocycles. The summed E-state index contributed by atoms with van der Waals surface area (Å²) in [4.78, 5) is 24.3. The molecule has 3 amide bonds. The molecule has 1 aliphatic rings. The number of rotatable bonds is 4. The fraction of sp³-hybridized carbons (Fsp3) is 0.529. The average molecular weight is 318 g/mol. The third-order valence-corrected chi connectivity index (χ3v) is 3.94. The number of nitrogens with two attached hydrogens (primary N) is 1. The largest absolute Gasteiger partial charge is 0.336 e. The second-order valence-electron chi connectivity index (χ2n) is 6.41. The number of hydrogen-bond acceptors (Lipinski definition) is 3. The molecule has 2 atom stereocenters. The number of urea groups is 1. The Kier molecular flexibility index (Phi) is 5.98. The van der Waals surface area contributed by atoms with Gasteiger partial charge in [-0.25, -0.2) is 4.79 Å². The summed E-state index contributed by atoms with van der Waals surface area (Å²) in [6.07, 6.45) is 3.55. The molecule has 23 heavy (non-hydrogen) atoms. The topological polar surface area (TPSA) is 96.2 Å². The highest BCUT2D eigenvalue weighted by Gasteiger charge is 2.25. The smallest absolute Gasteiger partial charge is 0.319 e. The molecule has 0 radical (unpaired) electrons. The number of carbonyl (C=O) groups excluding carboxylic acids is 2. The Morgan fingerprint density at radius 3 is 2.39 bits per heavy atom. The van der Waals surface area contributed by atoms with Crippen molar-refractivity contribution in [2.75, 3.05) is 10.6 Å². The number of benzene rings is 1. The van der Waals surface area contributed by atoms with Crippen molar-refractivity contribution in [1.82, 2.24) is 5.32 Å². The van der Waals surface area contributed by atoms with Gasteiger partial charge in [-0.2, -0.15) is 0 Å². The van der Waals surface area contributed by atoms with Crippen LogP contribution in [-0.2, 0) is 4.79 Å². The van der Waals surface area contributed by atoms with Crippen molar-refractivity contribution in [2.24, 2.45) is 11.7 Å². The molecule has 0 aliphatic heterocycles. The molecule has 1 saturated carbocycles. The Balaban J connectivity index is 2.02. The van der Waals surface area contributed by atoms with E-state index in [-0.39, 0.29) is 29.9 Å². The van der Waals surface area contributed by atoms with Crippen LogP contribution in [0.1, 0.15) is 39.5 Å². The SMILES string of the molecule is CC(C)NC(=O)Nc1ccccc1NC(=O)C1CCCC(N)C1. The van der Waals surface area contributed by atoms with E-state index in [0.717, 1.165) is 25.7 Å². The molecule has 0 aromatic heterocycles. The van der Waals surface area contributed by atoms with E-state index in [4.69, 9.17) is 5.73 Å². The number of carbonyl (C=O) groups is 2. The molecule has 1 aromatic carbocycles. The van der Waals surface area contributed by atoms with E-state index in [1.165, 1.54) is 0 Å². The van der Waals surface area contributed by atoms with Gasteiger partial charge in [-0.1, -0.05) is 18.6 Å². The third-order valence-electron chi connectivity index (χ3n) is 3.94. The van der Waals surface area contributed by atoms with Crippen molar-refractivity contribution >= 4 is 23.3 Å². The molecule has 0 spiro atoms. The number of para-hydroxylation sites is 2. The quantitative estimate of drug-likeness (QED) is 0.687. The number of nitrogens with one attached hydrogen (secondary N) is 3. The van der Waals surface area contributed by atoms with Crippen LogP contribution in [-0.4, -0.2) is 24.0 Å². The van der Waals surface area contributed by atoms with E-state index in [1.54, 1.807) is 12.1 Å². The Morgan fingerprint density at radius 2 is 1.78 bits per heavy atom. The van der Waals surface area contributed by atoms with Gasteiger partial charge in [0.15, 0.2) is 0 Å². The summed E-state index contributed by atoms with van der Waals surface area (Å²) in [5, 5.41) is 8.45. The first-order valence-corrected chi connectivity index (χ1v) is 8.18. The highest BCUT2D eigenvalue weighted by molar-refractivity contribution is 5.99. The van der Waals surface area contributed by atoms with Crippen molar-refractivity contribution < 1.29 is 9.59 Å². The van der Waals surface area contributed by atoms with E-state index in [1.807, 2.05) is 26.0 Å². The van der Waals surface area contributed by atoms with Gasteiger partial charge in [-0.15, -0.1) is 0 Å². The van der Waals surface area contributed by atoms with Crippen molar-refractivity contribution in [3.63, 3.8) is 0 Å². The van der Waals surface area contributed by atoms with Gasteiger partial charge >= 0.3 is 6.03 Å². The first kappa shape index (κ1) is 17.3. The zero-order valence-corrected chi connectivity index (χ0v) is 13.8. The van der Waals surface area contributed by atoms with E-state index in [9.17, 15) is 9.59 Å².